The molecule has 0 heterocycles. The first-order chi connectivity index (χ1) is 9.54. The van der Waals surface area contributed by atoms with Crippen LogP contribution in [-0.2, 0) is 4.79 Å². The number of aromatic hydroxyl groups is 1. The van der Waals surface area contributed by atoms with Gasteiger partial charge in [0, 0.05) is 29.9 Å². The van der Waals surface area contributed by atoms with Crippen LogP contribution < -0.4 is 10.6 Å². The lowest BCUT2D eigenvalue weighted by Crippen LogP contribution is -2.13. The van der Waals surface area contributed by atoms with E-state index in [0.29, 0.717) is 16.9 Å². The maximum absolute atomic E-state index is 12.1. The average Bonchev–Trinajstić information content (AvgIpc) is 2.38. The zero-order valence-electron chi connectivity index (χ0n) is 10.9. The molecule has 2 aromatic carbocycles. The minimum absolute atomic E-state index is 0.0785. The van der Waals surface area contributed by atoms with Crippen LogP contribution in [0.25, 0.3) is 0 Å². The van der Waals surface area contributed by atoms with Crippen LogP contribution in [0.3, 0.4) is 0 Å². The molecule has 0 aliphatic carbocycles. The Labute approximate surface area is 116 Å². The highest BCUT2D eigenvalue weighted by atomic mass is 16.3. The average molecular weight is 270 g/mol. The van der Waals surface area contributed by atoms with Crippen LogP contribution in [0.4, 0.5) is 11.4 Å². The number of rotatable bonds is 3. The van der Waals surface area contributed by atoms with E-state index < -0.39 is 0 Å². The van der Waals surface area contributed by atoms with Crippen molar-refractivity contribution < 1.29 is 14.7 Å². The number of carbonyl (C=O) groups is 2. The van der Waals surface area contributed by atoms with Gasteiger partial charge in [0.1, 0.15) is 5.75 Å². The normalized spacial score (nSPS) is 9.85. The summed E-state index contributed by atoms with van der Waals surface area (Å²) in [6.45, 7) is 1.40. The van der Waals surface area contributed by atoms with Crippen LogP contribution in [0.15, 0.2) is 48.5 Å². The molecule has 0 aliphatic rings. The van der Waals surface area contributed by atoms with E-state index in [0.717, 1.165) is 0 Å². The molecule has 0 saturated carbocycles. The van der Waals surface area contributed by atoms with E-state index in [1.807, 2.05) is 0 Å². The molecule has 0 aliphatic heterocycles. The summed E-state index contributed by atoms with van der Waals surface area (Å²) in [6, 6.07) is 12.9. The molecule has 0 fully saturated rings. The van der Waals surface area contributed by atoms with E-state index in [2.05, 4.69) is 10.6 Å². The summed E-state index contributed by atoms with van der Waals surface area (Å²) in [5, 5.41) is 14.6. The Morgan fingerprint density at radius 2 is 1.60 bits per heavy atom. The van der Waals surface area contributed by atoms with Crippen molar-refractivity contribution in [3.63, 3.8) is 0 Å². The molecule has 2 rings (SSSR count). The lowest BCUT2D eigenvalue weighted by molar-refractivity contribution is -0.114. The molecule has 0 atom stereocenters. The highest BCUT2D eigenvalue weighted by Gasteiger charge is 2.07. The van der Waals surface area contributed by atoms with Crippen molar-refractivity contribution in [3.05, 3.63) is 54.1 Å². The van der Waals surface area contributed by atoms with Gasteiger partial charge in [-0.1, -0.05) is 12.1 Å². The molecule has 2 aromatic rings. The molecular formula is C15H14N2O3. The number of nitrogens with one attached hydrogen (secondary N) is 2. The van der Waals surface area contributed by atoms with Crippen LogP contribution in [0.1, 0.15) is 17.3 Å². The van der Waals surface area contributed by atoms with Crippen molar-refractivity contribution in [3.8, 4) is 5.75 Å². The fourth-order valence-electron chi connectivity index (χ4n) is 1.73. The number of amides is 2. The fraction of sp³-hybridized carbons (Fsp3) is 0.0667. The molecule has 102 valence electrons. The molecule has 5 nitrogen and oxygen atoms in total. The summed E-state index contributed by atoms with van der Waals surface area (Å²) in [7, 11) is 0. The van der Waals surface area contributed by atoms with E-state index in [4.69, 9.17) is 0 Å². The third-order valence-electron chi connectivity index (χ3n) is 2.55. The third kappa shape index (κ3) is 3.58. The number of anilines is 2. The second-order valence-corrected chi connectivity index (χ2v) is 4.27. The van der Waals surface area contributed by atoms with E-state index in [-0.39, 0.29) is 17.6 Å². The third-order valence-corrected chi connectivity index (χ3v) is 2.55. The lowest BCUT2D eigenvalue weighted by atomic mass is 10.2. The SMILES string of the molecule is CC(=O)Nc1cccc(C(=O)Nc2cccc(O)c2)c1. The Hall–Kier alpha value is -2.82. The van der Waals surface area contributed by atoms with Gasteiger partial charge in [0.15, 0.2) is 0 Å². The van der Waals surface area contributed by atoms with Crippen molar-refractivity contribution in [1.29, 1.82) is 0 Å². The van der Waals surface area contributed by atoms with E-state index in [1.54, 1.807) is 36.4 Å². The molecule has 2 amide bonds. The van der Waals surface area contributed by atoms with Gasteiger partial charge < -0.3 is 15.7 Å². The minimum Gasteiger partial charge on any atom is -0.508 e. The first kappa shape index (κ1) is 13.6. The summed E-state index contributed by atoms with van der Waals surface area (Å²) < 4.78 is 0. The summed E-state index contributed by atoms with van der Waals surface area (Å²) in [5.74, 6) is -0.437. The van der Waals surface area contributed by atoms with Crippen LogP contribution in [0, 0.1) is 0 Å². The van der Waals surface area contributed by atoms with Crippen molar-refractivity contribution >= 4 is 23.2 Å². The highest BCUT2D eigenvalue weighted by Crippen LogP contribution is 2.17. The standard InChI is InChI=1S/C15H14N2O3/c1-10(18)16-12-5-2-4-11(8-12)15(20)17-13-6-3-7-14(19)9-13/h2-9,19H,1H3,(H,16,18)(H,17,20). The van der Waals surface area contributed by atoms with Gasteiger partial charge in [-0.05, 0) is 30.3 Å². The quantitative estimate of drug-likeness (QED) is 0.802. The first-order valence-corrected chi connectivity index (χ1v) is 6.02. The Bertz CT molecular complexity index is 653. The number of phenolic OH excluding ortho intramolecular Hbond substituents is 1. The van der Waals surface area contributed by atoms with Crippen molar-refractivity contribution in [2.24, 2.45) is 0 Å². The largest absolute Gasteiger partial charge is 0.508 e. The van der Waals surface area contributed by atoms with Gasteiger partial charge in [0.05, 0.1) is 0 Å². The molecule has 20 heavy (non-hydrogen) atoms. The Morgan fingerprint density at radius 1 is 0.950 bits per heavy atom. The number of phenols is 1. The topological polar surface area (TPSA) is 78.4 Å². The minimum atomic E-state index is -0.317. The maximum Gasteiger partial charge on any atom is 0.255 e. The van der Waals surface area contributed by atoms with E-state index in [9.17, 15) is 14.7 Å². The summed E-state index contributed by atoms with van der Waals surface area (Å²) >= 11 is 0. The van der Waals surface area contributed by atoms with Gasteiger partial charge in [0.25, 0.3) is 5.91 Å². The molecule has 0 spiro atoms. The van der Waals surface area contributed by atoms with Gasteiger partial charge in [-0.2, -0.15) is 0 Å². The zero-order valence-corrected chi connectivity index (χ0v) is 10.9. The summed E-state index contributed by atoms with van der Waals surface area (Å²) in [4.78, 5) is 23.0. The van der Waals surface area contributed by atoms with Gasteiger partial charge >= 0.3 is 0 Å². The second kappa shape index (κ2) is 5.88. The molecule has 0 bridgehead atoms. The van der Waals surface area contributed by atoms with Crippen molar-refractivity contribution in [1.82, 2.24) is 0 Å². The van der Waals surface area contributed by atoms with E-state index in [1.165, 1.54) is 19.1 Å². The second-order valence-electron chi connectivity index (χ2n) is 4.27. The Balaban J connectivity index is 2.15. The molecule has 0 saturated heterocycles. The molecular weight excluding hydrogens is 256 g/mol. The summed E-state index contributed by atoms with van der Waals surface area (Å²) in [5.41, 5.74) is 1.47. The van der Waals surface area contributed by atoms with Gasteiger partial charge in [-0.15, -0.1) is 0 Å². The maximum atomic E-state index is 12.1. The number of hydrogen-bond acceptors (Lipinski definition) is 3. The molecule has 0 aromatic heterocycles. The van der Waals surface area contributed by atoms with Crippen molar-refractivity contribution in [2.45, 2.75) is 6.92 Å². The van der Waals surface area contributed by atoms with Crippen LogP contribution in [-0.4, -0.2) is 16.9 Å². The van der Waals surface area contributed by atoms with Crippen LogP contribution in [0.5, 0.6) is 5.75 Å². The highest BCUT2D eigenvalue weighted by molar-refractivity contribution is 6.05. The first-order valence-electron chi connectivity index (χ1n) is 6.02. The fourth-order valence-corrected chi connectivity index (χ4v) is 1.73. The van der Waals surface area contributed by atoms with E-state index >= 15 is 0 Å². The monoisotopic (exact) mass is 270 g/mol. The predicted molar refractivity (Wildman–Crippen MR) is 76.8 cm³/mol. The Kier molecular flexibility index (Phi) is 4.00. The molecule has 3 N–H and O–H groups in total. The number of hydrogen-bond donors (Lipinski definition) is 3. The molecule has 0 radical (unpaired) electrons. The zero-order chi connectivity index (χ0) is 14.5. The van der Waals surface area contributed by atoms with Crippen molar-refractivity contribution in [2.75, 3.05) is 10.6 Å². The van der Waals surface area contributed by atoms with Gasteiger partial charge in [0.2, 0.25) is 5.91 Å². The molecule has 5 heteroatoms. The predicted octanol–water partition coefficient (Wildman–Crippen LogP) is 2.60. The Morgan fingerprint density at radius 3 is 2.25 bits per heavy atom. The van der Waals surface area contributed by atoms with Crippen LogP contribution in [0.2, 0.25) is 0 Å². The number of benzene rings is 2. The van der Waals surface area contributed by atoms with Gasteiger partial charge in [-0.3, -0.25) is 9.59 Å². The molecule has 0 unspecified atom stereocenters. The number of carbonyl (C=O) groups excluding carboxylic acids is 2. The van der Waals surface area contributed by atoms with Crippen LogP contribution >= 0.6 is 0 Å². The lowest BCUT2D eigenvalue weighted by Gasteiger charge is -2.07. The van der Waals surface area contributed by atoms with Gasteiger partial charge in [-0.25, -0.2) is 0 Å². The summed E-state index contributed by atoms with van der Waals surface area (Å²) in [6.07, 6.45) is 0. The smallest absolute Gasteiger partial charge is 0.255 e.